The molecule has 0 aliphatic heterocycles. The number of nitriles is 1. The zero-order valence-electron chi connectivity index (χ0n) is 19.9. The van der Waals surface area contributed by atoms with Crippen LogP contribution in [0, 0.1) is 32.1 Å². The largest absolute Gasteiger partial charge is 0.438 e. The number of nitrogens with zero attached hydrogens (tertiary/aromatic N) is 5. The lowest BCUT2D eigenvalue weighted by Crippen LogP contribution is -2.19. The lowest BCUT2D eigenvalue weighted by atomic mass is 10.1. The monoisotopic (exact) mass is 461 g/mol. The zero-order chi connectivity index (χ0) is 24.7. The second kappa shape index (κ2) is 8.58. The van der Waals surface area contributed by atoms with Gasteiger partial charge < -0.3 is 9.30 Å². The number of ether oxygens (including phenoxy) is 1. The molecule has 7 nitrogen and oxygen atoms in total. The molecule has 0 radical (unpaired) electrons. The van der Waals surface area contributed by atoms with Gasteiger partial charge in [-0.05, 0) is 62.2 Å². The summed E-state index contributed by atoms with van der Waals surface area (Å²) in [6.07, 6.45) is 3.18. The highest BCUT2D eigenvalue weighted by Gasteiger charge is 2.19. The van der Waals surface area contributed by atoms with Gasteiger partial charge in [0.15, 0.2) is 5.82 Å². The van der Waals surface area contributed by atoms with Crippen molar-refractivity contribution in [3.8, 4) is 17.7 Å². The summed E-state index contributed by atoms with van der Waals surface area (Å²) >= 11 is 0. The molecule has 0 aliphatic carbocycles. The van der Waals surface area contributed by atoms with Crippen LogP contribution in [-0.4, -0.2) is 18.9 Å². The van der Waals surface area contributed by atoms with Crippen LogP contribution >= 0.6 is 0 Å². The maximum absolute atomic E-state index is 13.6. The molecule has 5 aromatic rings. The average molecular weight is 462 g/mol. The summed E-state index contributed by atoms with van der Waals surface area (Å²) in [7, 11) is 1.85. The maximum Gasteiger partial charge on any atom is 0.269 e. The zero-order valence-corrected chi connectivity index (χ0v) is 19.9. The molecule has 0 spiro atoms. The molecule has 172 valence electrons. The SMILES string of the molecule is Cc1ccc(Oc2nc3c(C)cccn3c(=O)c2/C=C(\C#N)c2nc3ccccc3n2C)c(C)c1. The van der Waals surface area contributed by atoms with Crippen LogP contribution < -0.4 is 10.3 Å². The number of aromatic nitrogens is 4. The predicted molar refractivity (Wildman–Crippen MR) is 136 cm³/mol. The minimum absolute atomic E-state index is 0.141. The molecule has 0 bridgehead atoms. The number of hydrogen-bond acceptors (Lipinski definition) is 5. The fourth-order valence-corrected chi connectivity index (χ4v) is 4.19. The molecule has 0 aliphatic rings. The van der Waals surface area contributed by atoms with Crippen molar-refractivity contribution in [1.29, 1.82) is 5.26 Å². The summed E-state index contributed by atoms with van der Waals surface area (Å²) in [5.74, 6) is 1.19. The molecule has 35 heavy (non-hydrogen) atoms. The van der Waals surface area contributed by atoms with E-state index in [0.29, 0.717) is 17.2 Å². The number of para-hydroxylation sites is 2. The Hall–Kier alpha value is -4.70. The van der Waals surface area contributed by atoms with E-state index >= 15 is 0 Å². The van der Waals surface area contributed by atoms with Gasteiger partial charge in [0.25, 0.3) is 5.56 Å². The van der Waals surface area contributed by atoms with E-state index in [-0.39, 0.29) is 22.6 Å². The van der Waals surface area contributed by atoms with Gasteiger partial charge in [0.2, 0.25) is 5.88 Å². The van der Waals surface area contributed by atoms with Crippen molar-refractivity contribution in [2.75, 3.05) is 0 Å². The Bertz CT molecular complexity index is 1750. The van der Waals surface area contributed by atoms with Crippen molar-refractivity contribution >= 4 is 28.3 Å². The number of rotatable bonds is 4. The summed E-state index contributed by atoms with van der Waals surface area (Å²) in [6, 6.07) is 19.3. The van der Waals surface area contributed by atoms with Crippen LogP contribution in [0.4, 0.5) is 0 Å². The van der Waals surface area contributed by atoms with Gasteiger partial charge in [-0.1, -0.05) is 35.9 Å². The Balaban J connectivity index is 1.76. The van der Waals surface area contributed by atoms with Crippen molar-refractivity contribution in [1.82, 2.24) is 18.9 Å². The van der Waals surface area contributed by atoms with Crippen LogP contribution in [0.25, 0.3) is 28.3 Å². The smallest absolute Gasteiger partial charge is 0.269 e. The highest BCUT2D eigenvalue weighted by molar-refractivity contribution is 5.91. The van der Waals surface area contributed by atoms with E-state index in [1.165, 1.54) is 10.5 Å². The lowest BCUT2D eigenvalue weighted by molar-refractivity contribution is 0.457. The van der Waals surface area contributed by atoms with E-state index in [1.807, 2.05) is 80.9 Å². The number of aryl methyl sites for hydroxylation is 4. The third-order valence-corrected chi connectivity index (χ3v) is 6.02. The van der Waals surface area contributed by atoms with E-state index < -0.39 is 0 Å². The van der Waals surface area contributed by atoms with Gasteiger partial charge in [-0.2, -0.15) is 10.2 Å². The topological polar surface area (TPSA) is 85.2 Å². The molecule has 0 fully saturated rings. The van der Waals surface area contributed by atoms with Crippen molar-refractivity contribution in [2.45, 2.75) is 20.8 Å². The van der Waals surface area contributed by atoms with Crippen LogP contribution in [0.5, 0.6) is 11.6 Å². The highest BCUT2D eigenvalue weighted by atomic mass is 16.5. The van der Waals surface area contributed by atoms with E-state index in [0.717, 1.165) is 27.7 Å². The summed E-state index contributed by atoms with van der Waals surface area (Å²) in [4.78, 5) is 23.0. The number of hydrogen-bond donors (Lipinski definition) is 0. The number of imidazole rings is 1. The molecule has 3 aromatic heterocycles. The standard InChI is InChI=1S/C28H23N5O2/c1-17-11-12-24(19(3)14-17)35-27-21(28(34)33-13-7-8-18(2)25(33)31-27)15-20(16-29)26-30-22-9-5-6-10-23(22)32(26)4/h5-15H,1-4H3/b20-15+. The van der Waals surface area contributed by atoms with Gasteiger partial charge >= 0.3 is 0 Å². The first-order chi connectivity index (χ1) is 16.9. The molecule has 7 heteroatoms. The van der Waals surface area contributed by atoms with Gasteiger partial charge in [0.05, 0.1) is 16.6 Å². The first-order valence-electron chi connectivity index (χ1n) is 11.2. The number of pyridine rings is 1. The van der Waals surface area contributed by atoms with Crippen LogP contribution in [0.3, 0.4) is 0 Å². The lowest BCUT2D eigenvalue weighted by Gasteiger charge is -2.13. The normalized spacial score (nSPS) is 11.7. The van der Waals surface area contributed by atoms with Gasteiger partial charge in [0.1, 0.15) is 23.0 Å². The van der Waals surface area contributed by atoms with Gasteiger partial charge in [-0.3, -0.25) is 9.20 Å². The van der Waals surface area contributed by atoms with Crippen molar-refractivity contribution in [3.05, 3.63) is 99.2 Å². The molecule has 0 N–H and O–H groups in total. The third kappa shape index (κ3) is 3.85. The Morgan fingerprint density at radius 3 is 2.57 bits per heavy atom. The molecule has 5 rings (SSSR count). The number of fused-ring (bicyclic) bond motifs is 2. The van der Waals surface area contributed by atoms with Crippen LogP contribution in [0.2, 0.25) is 0 Å². The van der Waals surface area contributed by atoms with E-state index in [9.17, 15) is 10.1 Å². The van der Waals surface area contributed by atoms with E-state index in [2.05, 4.69) is 11.1 Å². The molecule has 0 unspecified atom stereocenters. The van der Waals surface area contributed by atoms with E-state index in [4.69, 9.17) is 9.72 Å². The summed E-state index contributed by atoms with van der Waals surface area (Å²) in [5, 5.41) is 10.1. The quantitative estimate of drug-likeness (QED) is 0.336. The first kappa shape index (κ1) is 22.1. The minimum Gasteiger partial charge on any atom is -0.438 e. The van der Waals surface area contributed by atoms with Gasteiger partial charge in [-0.25, -0.2) is 4.98 Å². The fourth-order valence-electron chi connectivity index (χ4n) is 4.19. The molecule has 0 saturated carbocycles. The Labute approximate surface area is 202 Å². The highest BCUT2D eigenvalue weighted by Crippen LogP contribution is 2.29. The Morgan fingerprint density at radius 2 is 1.83 bits per heavy atom. The molecular formula is C28H23N5O2. The number of allylic oxidation sites excluding steroid dienone is 1. The molecule has 0 amide bonds. The Morgan fingerprint density at radius 1 is 1.03 bits per heavy atom. The third-order valence-electron chi connectivity index (χ3n) is 6.02. The summed E-state index contributed by atoms with van der Waals surface area (Å²) < 4.78 is 9.51. The number of benzene rings is 2. The molecule has 0 saturated heterocycles. The van der Waals surface area contributed by atoms with Crippen molar-refractivity contribution < 1.29 is 4.74 Å². The summed E-state index contributed by atoms with van der Waals surface area (Å²) in [6.45, 7) is 5.83. The van der Waals surface area contributed by atoms with Crippen LogP contribution in [0.1, 0.15) is 28.1 Å². The first-order valence-corrected chi connectivity index (χ1v) is 11.2. The predicted octanol–water partition coefficient (Wildman–Crippen LogP) is 5.36. The fraction of sp³-hybridized carbons (Fsp3) is 0.143. The second-order valence-corrected chi connectivity index (χ2v) is 8.54. The summed E-state index contributed by atoms with van der Waals surface area (Å²) in [5.41, 5.74) is 5.09. The molecule has 3 heterocycles. The van der Waals surface area contributed by atoms with Crippen molar-refractivity contribution in [2.24, 2.45) is 7.05 Å². The Kier molecular flexibility index (Phi) is 5.42. The molecule has 2 aromatic carbocycles. The van der Waals surface area contributed by atoms with Gasteiger partial charge in [-0.15, -0.1) is 0 Å². The average Bonchev–Trinajstić information content (AvgIpc) is 3.18. The molecule has 0 atom stereocenters. The van der Waals surface area contributed by atoms with Crippen LogP contribution in [0.15, 0.2) is 65.6 Å². The minimum atomic E-state index is -0.329. The second-order valence-electron chi connectivity index (χ2n) is 8.54. The molecular weight excluding hydrogens is 438 g/mol. The van der Waals surface area contributed by atoms with E-state index in [1.54, 1.807) is 12.3 Å². The maximum atomic E-state index is 13.6. The van der Waals surface area contributed by atoms with Crippen LogP contribution in [-0.2, 0) is 7.05 Å². The van der Waals surface area contributed by atoms with Gasteiger partial charge in [0, 0.05) is 13.2 Å². The van der Waals surface area contributed by atoms with Crippen molar-refractivity contribution in [3.63, 3.8) is 0 Å².